The van der Waals surface area contributed by atoms with Crippen molar-refractivity contribution in [2.75, 3.05) is 27.3 Å². The molecule has 2 fully saturated rings. The first kappa shape index (κ1) is 26.7. The second-order valence-electron chi connectivity index (χ2n) is 7.08. The summed E-state index contributed by atoms with van der Waals surface area (Å²) in [4.78, 5) is 51.8. The van der Waals surface area contributed by atoms with E-state index >= 15 is 0 Å². The van der Waals surface area contributed by atoms with Gasteiger partial charge in [-0.2, -0.15) is 0 Å². The SMILES string of the molecule is COC(=O)CCCCCN1C(=O)/C(=C2\SC(=S)N(CCCCCC(=O)OC)C2=O)SC1=S. The maximum absolute atomic E-state index is 12.9. The van der Waals surface area contributed by atoms with E-state index in [-0.39, 0.29) is 23.8 Å². The molecular weight excluding hydrogens is 492 g/mol. The summed E-state index contributed by atoms with van der Waals surface area (Å²) < 4.78 is 10.1. The molecule has 0 aromatic heterocycles. The number of rotatable bonds is 12. The number of hydrogen-bond acceptors (Lipinski definition) is 10. The van der Waals surface area contributed by atoms with Gasteiger partial charge in [0, 0.05) is 25.9 Å². The first-order valence-electron chi connectivity index (χ1n) is 10.2. The number of unbranched alkanes of at least 4 members (excludes halogenated alkanes) is 4. The Labute approximate surface area is 206 Å². The van der Waals surface area contributed by atoms with Crippen molar-refractivity contribution >= 4 is 80.4 Å². The van der Waals surface area contributed by atoms with Crippen LogP contribution in [0.3, 0.4) is 0 Å². The summed E-state index contributed by atoms with van der Waals surface area (Å²) in [5.74, 6) is -1.04. The molecule has 0 aromatic carbocycles. The van der Waals surface area contributed by atoms with Crippen LogP contribution < -0.4 is 0 Å². The highest BCUT2D eigenvalue weighted by atomic mass is 32.2. The fourth-order valence-electron chi connectivity index (χ4n) is 3.09. The first-order valence-corrected chi connectivity index (χ1v) is 12.7. The van der Waals surface area contributed by atoms with E-state index in [9.17, 15) is 19.2 Å². The van der Waals surface area contributed by atoms with Crippen LogP contribution in [-0.2, 0) is 28.7 Å². The van der Waals surface area contributed by atoms with Gasteiger partial charge in [-0.25, -0.2) is 0 Å². The van der Waals surface area contributed by atoms with Gasteiger partial charge in [0.15, 0.2) is 0 Å². The highest BCUT2D eigenvalue weighted by Gasteiger charge is 2.41. The Morgan fingerprint density at radius 1 is 0.719 bits per heavy atom. The van der Waals surface area contributed by atoms with Crippen molar-refractivity contribution in [3.8, 4) is 0 Å². The minimum absolute atomic E-state index is 0.249. The van der Waals surface area contributed by atoms with E-state index in [1.165, 1.54) is 24.0 Å². The highest BCUT2D eigenvalue weighted by molar-refractivity contribution is 8.29. The van der Waals surface area contributed by atoms with Gasteiger partial charge in [-0.15, -0.1) is 0 Å². The third kappa shape index (κ3) is 7.26. The minimum Gasteiger partial charge on any atom is -0.469 e. The van der Waals surface area contributed by atoms with Gasteiger partial charge in [-0.1, -0.05) is 60.8 Å². The van der Waals surface area contributed by atoms with Crippen LogP contribution in [0.2, 0.25) is 0 Å². The summed E-state index contributed by atoms with van der Waals surface area (Å²) in [6.07, 6.45) is 4.98. The van der Waals surface area contributed by atoms with Crippen molar-refractivity contribution in [1.82, 2.24) is 9.80 Å². The molecule has 0 radical (unpaired) electrons. The zero-order valence-corrected chi connectivity index (χ0v) is 21.3. The zero-order chi connectivity index (χ0) is 23.7. The monoisotopic (exact) mass is 518 g/mol. The third-order valence-electron chi connectivity index (χ3n) is 4.89. The maximum Gasteiger partial charge on any atom is 0.305 e. The molecule has 12 heteroatoms. The number of carbonyl (C=O) groups excluding carboxylic acids is 4. The molecule has 0 aromatic rings. The number of methoxy groups -OCH3 is 2. The molecule has 8 nitrogen and oxygen atoms in total. The molecule has 0 atom stereocenters. The van der Waals surface area contributed by atoms with Gasteiger partial charge in [0.1, 0.15) is 8.64 Å². The number of carbonyl (C=O) groups is 4. The lowest BCUT2D eigenvalue weighted by Gasteiger charge is -2.14. The lowest BCUT2D eigenvalue weighted by Crippen LogP contribution is -2.31. The molecule has 176 valence electrons. The molecule has 2 aliphatic heterocycles. The van der Waals surface area contributed by atoms with Crippen LogP contribution >= 0.6 is 48.0 Å². The van der Waals surface area contributed by atoms with Crippen LogP contribution in [0, 0.1) is 0 Å². The van der Waals surface area contributed by atoms with Gasteiger partial charge in [-0.3, -0.25) is 29.0 Å². The predicted molar refractivity (Wildman–Crippen MR) is 132 cm³/mol. The van der Waals surface area contributed by atoms with Gasteiger partial charge in [0.25, 0.3) is 11.8 Å². The molecule has 0 bridgehead atoms. The summed E-state index contributed by atoms with van der Waals surface area (Å²) in [6, 6.07) is 0. The summed E-state index contributed by atoms with van der Waals surface area (Å²) in [5.41, 5.74) is 0. The fraction of sp³-hybridized carbons (Fsp3) is 0.600. The van der Waals surface area contributed by atoms with Crippen LogP contribution in [0.25, 0.3) is 0 Å². The van der Waals surface area contributed by atoms with Crippen LogP contribution in [0.1, 0.15) is 51.4 Å². The Bertz CT molecular complexity index is 763. The number of nitrogens with zero attached hydrogens (tertiary/aromatic N) is 2. The molecule has 0 unspecified atom stereocenters. The van der Waals surface area contributed by atoms with E-state index in [2.05, 4.69) is 9.47 Å². The average Bonchev–Trinajstić information content (AvgIpc) is 3.21. The molecular formula is C20H26N2O6S4. The molecule has 32 heavy (non-hydrogen) atoms. The average molecular weight is 519 g/mol. The summed E-state index contributed by atoms with van der Waals surface area (Å²) in [7, 11) is 2.71. The number of thioether (sulfide) groups is 2. The summed E-state index contributed by atoms with van der Waals surface area (Å²) in [5, 5.41) is 0. The quantitative estimate of drug-likeness (QED) is 0.166. The van der Waals surface area contributed by atoms with Crippen LogP contribution in [0.5, 0.6) is 0 Å². The molecule has 0 N–H and O–H groups in total. The van der Waals surface area contributed by atoms with Crippen molar-refractivity contribution in [1.29, 1.82) is 0 Å². The highest BCUT2D eigenvalue weighted by Crippen LogP contribution is 2.42. The van der Waals surface area contributed by atoms with Gasteiger partial charge >= 0.3 is 11.9 Å². The van der Waals surface area contributed by atoms with Crippen LogP contribution in [-0.4, -0.2) is 69.5 Å². The van der Waals surface area contributed by atoms with Gasteiger partial charge < -0.3 is 9.47 Å². The van der Waals surface area contributed by atoms with E-state index in [4.69, 9.17) is 24.4 Å². The van der Waals surface area contributed by atoms with Crippen LogP contribution in [0.4, 0.5) is 0 Å². The molecule has 0 saturated carbocycles. The Morgan fingerprint density at radius 3 is 1.44 bits per heavy atom. The van der Waals surface area contributed by atoms with Crippen molar-refractivity contribution < 1.29 is 28.7 Å². The Balaban J connectivity index is 1.88. The van der Waals surface area contributed by atoms with Crippen molar-refractivity contribution in [3.63, 3.8) is 0 Å². The Morgan fingerprint density at radius 2 is 1.09 bits per heavy atom. The van der Waals surface area contributed by atoms with Gasteiger partial charge in [0.05, 0.1) is 24.0 Å². The van der Waals surface area contributed by atoms with E-state index in [0.717, 1.165) is 36.4 Å². The van der Waals surface area contributed by atoms with Crippen LogP contribution in [0.15, 0.2) is 9.81 Å². The topological polar surface area (TPSA) is 93.2 Å². The maximum atomic E-state index is 12.9. The number of hydrogen-bond donors (Lipinski definition) is 0. The van der Waals surface area contributed by atoms with Gasteiger partial charge in [-0.05, 0) is 25.7 Å². The number of esters is 2. The fourth-order valence-corrected chi connectivity index (χ4v) is 5.86. The number of thiocarbonyl (C=S) groups is 2. The van der Waals surface area contributed by atoms with E-state index < -0.39 is 0 Å². The molecule has 0 aliphatic carbocycles. The third-order valence-corrected chi connectivity index (χ3v) is 7.91. The van der Waals surface area contributed by atoms with E-state index in [0.29, 0.717) is 70.1 Å². The minimum atomic E-state index is -0.272. The zero-order valence-electron chi connectivity index (χ0n) is 18.0. The molecule has 2 heterocycles. The first-order chi connectivity index (χ1) is 15.3. The van der Waals surface area contributed by atoms with E-state index in [1.807, 2.05) is 0 Å². The molecule has 2 aliphatic rings. The summed E-state index contributed by atoms with van der Waals surface area (Å²) in [6.45, 7) is 0.881. The van der Waals surface area contributed by atoms with Crippen molar-refractivity contribution in [3.05, 3.63) is 9.81 Å². The largest absolute Gasteiger partial charge is 0.469 e. The number of amides is 2. The Kier molecular flexibility index (Phi) is 11.1. The predicted octanol–water partition coefficient (Wildman–Crippen LogP) is 3.39. The normalized spacial score (nSPS) is 18.7. The van der Waals surface area contributed by atoms with Crippen molar-refractivity contribution in [2.45, 2.75) is 51.4 Å². The van der Waals surface area contributed by atoms with Gasteiger partial charge in [0.2, 0.25) is 0 Å². The summed E-state index contributed by atoms with van der Waals surface area (Å²) >= 11 is 13.0. The number of ether oxygens (including phenoxy) is 2. The van der Waals surface area contributed by atoms with E-state index in [1.54, 1.807) is 0 Å². The molecule has 0 spiro atoms. The van der Waals surface area contributed by atoms with Crippen molar-refractivity contribution in [2.24, 2.45) is 0 Å². The molecule has 2 amide bonds. The second-order valence-corrected chi connectivity index (χ2v) is 10.4. The standard InChI is InChI=1S/C20H26N2O6S4/c1-27-13(23)9-5-3-7-11-21-17(25)15(31-19(21)29)16-18(26)22(20(30)32-16)12-8-4-6-10-14(24)28-2/h3-12H2,1-2H3/b16-15+. The lowest BCUT2D eigenvalue weighted by molar-refractivity contribution is -0.141. The molecule has 2 saturated heterocycles. The second kappa shape index (κ2) is 13.3. The lowest BCUT2D eigenvalue weighted by atomic mass is 10.2. The Hall–Kier alpha value is -1.50. The molecule has 2 rings (SSSR count). The smallest absolute Gasteiger partial charge is 0.305 e.